The predicted octanol–water partition coefficient (Wildman–Crippen LogP) is 4.88. The molecule has 10 heteroatoms. The number of pyridine rings is 1. The zero-order valence-electron chi connectivity index (χ0n) is 20.0. The maximum absolute atomic E-state index is 13.5. The number of anilines is 1. The molecule has 186 valence electrons. The monoisotopic (exact) mass is 481 g/mol. The van der Waals surface area contributed by atoms with E-state index in [9.17, 15) is 22.8 Å². The van der Waals surface area contributed by atoms with Crippen molar-refractivity contribution in [3.63, 3.8) is 0 Å². The number of alkyl halides is 3. The first-order valence-corrected chi connectivity index (χ1v) is 11.1. The van der Waals surface area contributed by atoms with Gasteiger partial charge in [0.05, 0.1) is 24.2 Å². The summed E-state index contributed by atoms with van der Waals surface area (Å²) in [6, 6.07) is 5.29. The van der Waals surface area contributed by atoms with Crippen LogP contribution in [-0.2, 0) is 20.4 Å². The number of aromatic nitrogens is 1. The molecular formula is C24H30F3N3O4. The fourth-order valence-electron chi connectivity index (χ4n) is 4.27. The molecule has 0 spiro atoms. The van der Waals surface area contributed by atoms with Gasteiger partial charge in [0.1, 0.15) is 12.1 Å². The van der Waals surface area contributed by atoms with Crippen LogP contribution in [0, 0.1) is 5.92 Å². The third-order valence-corrected chi connectivity index (χ3v) is 5.63. The molecule has 2 atom stereocenters. The molecule has 3 rings (SSSR count). The Hall–Kier alpha value is -3.04. The van der Waals surface area contributed by atoms with Crippen molar-refractivity contribution in [1.82, 2.24) is 9.88 Å². The van der Waals surface area contributed by atoms with E-state index < -0.39 is 35.4 Å². The molecule has 0 bridgehead atoms. The Labute approximate surface area is 196 Å². The Morgan fingerprint density at radius 3 is 2.50 bits per heavy atom. The first-order valence-electron chi connectivity index (χ1n) is 11.1. The number of amides is 1. The largest absolute Gasteiger partial charge is 0.468 e. The highest BCUT2D eigenvalue weighted by Crippen LogP contribution is 2.38. The zero-order chi connectivity index (χ0) is 25.3. The van der Waals surface area contributed by atoms with E-state index in [2.05, 4.69) is 4.98 Å². The van der Waals surface area contributed by atoms with Gasteiger partial charge in [-0.2, -0.15) is 13.2 Å². The lowest BCUT2D eigenvalue weighted by molar-refractivity contribution is -0.142. The fraction of sp³-hybridized carbons (Fsp3) is 0.542. The molecule has 2 aromatic rings. The van der Waals surface area contributed by atoms with E-state index in [1.165, 1.54) is 24.3 Å². The number of rotatable bonds is 4. The van der Waals surface area contributed by atoms with Crippen molar-refractivity contribution in [2.45, 2.75) is 51.9 Å². The number of benzene rings is 1. The fourth-order valence-corrected chi connectivity index (χ4v) is 4.27. The highest BCUT2D eigenvalue weighted by molar-refractivity contribution is 5.94. The Kier molecular flexibility index (Phi) is 7.28. The van der Waals surface area contributed by atoms with E-state index in [1.807, 2.05) is 11.8 Å². The second-order valence-corrected chi connectivity index (χ2v) is 9.61. The molecule has 7 nitrogen and oxygen atoms in total. The van der Waals surface area contributed by atoms with Crippen molar-refractivity contribution < 1.29 is 32.2 Å². The van der Waals surface area contributed by atoms with Gasteiger partial charge in [0.15, 0.2) is 0 Å². The molecule has 1 saturated heterocycles. The maximum Gasteiger partial charge on any atom is 0.418 e. The van der Waals surface area contributed by atoms with Gasteiger partial charge in [0.25, 0.3) is 0 Å². The second kappa shape index (κ2) is 9.68. The van der Waals surface area contributed by atoms with Gasteiger partial charge in [0.2, 0.25) is 0 Å². The molecule has 1 aromatic heterocycles. The Bertz CT molecular complexity index is 1050. The number of ether oxygens (including phenoxy) is 2. The molecule has 1 amide bonds. The lowest BCUT2D eigenvalue weighted by Crippen LogP contribution is -2.55. The molecule has 1 aromatic carbocycles. The molecule has 1 fully saturated rings. The number of esters is 1. The van der Waals surface area contributed by atoms with E-state index in [1.54, 1.807) is 32.9 Å². The first kappa shape index (κ1) is 25.6. The molecule has 1 aliphatic heterocycles. The van der Waals surface area contributed by atoms with E-state index in [0.717, 1.165) is 6.07 Å². The molecule has 0 N–H and O–H groups in total. The summed E-state index contributed by atoms with van der Waals surface area (Å²) >= 11 is 0. The van der Waals surface area contributed by atoms with Gasteiger partial charge in [-0.25, -0.2) is 4.79 Å². The number of carbonyl (C=O) groups excluding carboxylic acids is 2. The molecule has 0 radical (unpaired) electrons. The van der Waals surface area contributed by atoms with Crippen molar-refractivity contribution in [2.75, 3.05) is 31.6 Å². The molecule has 2 heterocycles. The van der Waals surface area contributed by atoms with Gasteiger partial charge < -0.3 is 14.4 Å². The summed E-state index contributed by atoms with van der Waals surface area (Å²) in [5.74, 6) is -0.491. The minimum Gasteiger partial charge on any atom is -0.468 e. The summed E-state index contributed by atoms with van der Waals surface area (Å²) in [5.41, 5.74) is -1.09. The number of methoxy groups -OCH3 is 1. The first-order chi connectivity index (χ1) is 15.8. The van der Waals surface area contributed by atoms with Crippen LogP contribution in [-0.4, -0.2) is 60.3 Å². The Morgan fingerprint density at radius 1 is 1.18 bits per heavy atom. The van der Waals surface area contributed by atoms with E-state index in [-0.39, 0.29) is 18.0 Å². The Balaban J connectivity index is 1.98. The van der Waals surface area contributed by atoms with Crippen LogP contribution in [0.3, 0.4) is 0 Å². The number of hydrogen-bond donors (Lipinski definition) is 0. The smallest absolute Gasteiger partial charge is 0.418 e. The summed E-state index contributed by atoms with van der Waals surface area (Å²) in [6.07, 6.45) is -3.24. The van der Waals surface area contributed by atoms with Crippen LogP contribution in [0.15, 0.2) is 30.5 Å². The minimum atomic E-state index is -4.53. The highest BCUT2D eigenvalue weighted by Gasteiger charge is 2.37. The molecule has 1 aliphatic rings. The van der Waals surface area contributed by atoms with Crippen molar-refractivity contribution in [3.05, 3.63) is 36.0 Å². The van der Waals surface area contributed by atoms with Crippen LogP contribution in [0.1, 0.15) is 39.7 Å². The average molecular weight is 482 g/mol. The lowest BCUT2D eigenvalue weighted by Gasteiger charge is -2.43. The zero-order valence-corrected chi connectivity index (χ0v) is 20.0. The van der Waals surface area contributed by atoms with Crippen LogP contribution < -0.4 is 4.90 Å². The average Bonchev–Trinajstić information content (AvgIpc) is 2.74. The molecule has 34 heavy (non-hydrogen) atoms. The van der Waals surface area contributed by atoms with Gasteiger partial charge in [-0.1, -0.05) is 6.92 Å². The molecule has 0 unspecified atom stereocenters. The SMILES string of the molecule is COC(=O)CN(C(=O)OC(C)(C)C)[C@@H]1C[C@H](C)CN(c2ccc(C(F)(F)F)c3ncccc23)C1. The summed E-state index contributed by atoms with van der Waals surface area (Å²) < 4.78 is 50.9. The highest BCUT2D eigenvalue weighted by atomic mass is 19.4. The number of carbonyl (C=O) groups is 2. The molecular weight excluding hydrogens is 451 g/mol. The summed E-state index contributed by atoms with van der Waals surface area (Å²) in [6.45, 7) is 7.80. The molecule has 0 saturated carbocycles. The van der Waals surface area contributed by atoms with E-state index in [0.29, 0.717) is 30.6 Å². The third kappa shape index (κ3) is 5.90. The van der Waals surface area contributed by atoms with Gasteiger partial charge in [-0.3, -0.25) is 14.7 Å². The quantitative estimate of drug-likeness (QED) is 0.580. The minimum absolute atomic E-state index is 0.0929. The van der Waals surface area contributed by atoms with Crippen LogP contribution >= 0.6 is 0 Å². The van der Waals surface area contributed by atoms with Gasteiger partial charge in [0, 0.05) is 30.4 Å². The number of halogens is 3. The summed E-state index contributed by atoms with van der Waals surface area (Å²) in [7, 11) is 1.24. The van der Waals surface area contributed by atoms with Gasteiger partial charge in [-0.15, -0.1) is 0 Å². The van der Waals surface area contributed by atoms with Crippen molar-refractivity contribution in [2.24, 2.45) is 5.92 Å². The standard InChI is InChI=1S/C24H30F3N3O4/c1-15-11-16(30(14-20(31)33-5)22(32)34-23(2,3)4)13-29(12-15)19-9-8-18(24(25,26)27)21-17(19)7-6-10-28-21/h6-10,15-16H,11-14H2,1-5H3/t15-,16+/m0/s1. The second-order valence-electron chi connectivity index (χ2n) is 9.61. The summed E-state index contributed by atoms with van der Waals surface area (Å²) in [4.78, 5) is 32.3. The van der Waals surface area contributed by atoms with Crippen LogP contribution in [0.2, 0.25) is 0 Å². The predicted molar refractivity (Wildman–Crippen MR) is 121 cm³/mol. The van der Waals surface area contributed by atoms with Crippen LogP contribution in [0.25, 0.3) is 10.9 Å². The van der Waals surface area contributed by atoms with Gasteiger partial charge >= 0.3 is 18.2 Å². The number of nitrogens with zero attached hydrogens (tertiary/aromatic N) is 3. The topological polar surface area (TPSA) is 72.0 Å². The number of fused-ring (bicyclic) bond motifs is 1. The number of piperidine rings is 1. The lowest BCUT2D eigenvalue weighted by atomic mass is 9.93. The van der Waals surface area contributed by atoms with Crippen LogP contribution in [0.4, 0.5) is 23.7 Å². The van der Waals surface area contributed by atoms with E-state index in [4.69, 9.17) is 9.47 Å². The van der Waals surface area contributed by atoms with Gasteiger partial charge in [-0.05, 0) is 57.4 Å². The van der Waals surface area contributed by atoms with Crippen molar-refractivity contribution in [3.8, 4) is 0 Å². The summed E-state index contributed by atoms with van der Waals surface area (Å²) in [5, 5.41) is 0.377. The van der Waals surface area contributed by atoms with Crippen LogP contribution in [0.5, 0.6) is 0 Å². The number of hydrogen-bond acceptors (Lipinski definition) is 6. The third-order valence-electron chi connectivity index (χ3n) is 5.63. The molecule has 0 aliphatic carbocycles. The van der Waals surface area contributed by atoms with Crippen molar-refractivity contribution >= 4 is 28.7 Å². The van der Waals surface area contributed by atoms with E-state index >= 15 is 0 Å². The Morgan fingerprint density at radius 2 is 1.88 bits per heavy atom. The van der Waals surface area contributed by atoms with Crippen molar-refractivity contribution in [1.29, 1.82) is 0 Å². The normalized spacial score (nSPS) is 19.1. The maximum atomic E-state index is 13.5.